The summed E-state index contributed by atoms with van der Waals surface area (Å²) in [7, 11) is 0. The number of aliphatic hydroxyl groups is 1. The highest BCUT2D eigenvalue weighted by molar-refractivity contribution is 6.06. The van der Waals surface area contributed by atoms with E-state index in [9.17, 15) is 4.79 Å². The van der Waals surface area contributed by atoms with Crippen LogP contribution in [0.25, 0.3) is 10.8 Å². The first kappa shape index (κ1) is 14.5. The number of carbonyl (C=O) groups excluding carboxylic acids is 1. The molecule has 2 N–H and O–H groups in total. The van der Waals surface area contributed by atoms with Crippen LogP contribution in [0.3, 0.4) is 0 Å². The highest BCUT2D eigenvalue weighted by Crippen LogP contribution is 2.18. The lowest BCUT2D eigenvalue weighted by Gasteiger charge is -2.10. The molecular weight excluding hydrogens is 250 g/mol. The molecule has 0 spiro atoms. The quantitative estimate of drug-likeness (QED) is 0.794. The molecule has 106 valence electrons. The minimum atomic E-state index is -0.0292. The van der Waals surface area contributed by atoms with Crippen LogP contribution in [-0.2, 0) is 0 Å². The monoisotopic (exact) mass is 271 g/mol. The van der Waals surface area contributed by atoms with Gasteiger partial charge in [-0.15, -0.1) is 0 Å². The van der Waals surface area contributed by atoms with Crippen molar-refractivity contribution in [2.45, 2.75) is 19.8 Å². The maximum Gasteiger partial charge on any atom is 0.251 e. The van der Waals surface area contributed by atoms with Gasteiger partial charge in [-0.1, -0.05) is 43.3 Å². The zero-order valence-corrected chi connectivity index (χ0v) is 11.8. The van der Waals surface area contributed by atoms with E-state index in [1.165, 1.54) is 0 Å². The number of rotatable bonds is 6. The maximum absolute atomic E-state index is 12.2. The Balaban J connectivity index is 1.98. The van der Waals surface area contributed by atoms with Gasteiger partial charge in [-0.25, -0.2) is 0 Å². The summed E-state index contributed by atoms with van der Waals surface area (Å²) in [4.78, 5) is 12.2. The van der Waals surface area contributed by atoms with E-state index in [0.29, 0.717) is 12.5 Å². The standard InChI is InChI=1S/C17H21NO2/c1-13(12-19)6-5-11-18-17(20)16-10-4-8-14-7-2-3-9-15(14)16/h2-4,7-10,13,19H,5-6,11-12H2,1H3,(H,18,20). The lowest BCUT2D eigenvalue weighted by molar-refractivity contribution is 0.0953. The second-order valence-corrected chi connectivity index (χ2v) is 5.21. The Bertz CT molecular complexity index is 575. The van der Waals surface area contributed by atoms with Crippen molar-refractivity contribution in [1.29, 1.82) is 0 Å². The van der Waals surface area contributed by atoms with Crippen LogP contribution in [0.5, 0.6) is 0 Å². The summed E-state index contributed by atoms with van der Waals surface area (Å²) < 4.78 is 0. The normalized spacial score (nSPS) is 12.3. The molecule has 0 aliphatic heterocycles. The molecule has 2 aromatic carbocycles. The van der Waals surface area contributed by atoms with Crippen LogP contribution < -0.4 is 5.32 Å². The van der Waals surface area contributed by atoms with Crippen LogP contribution in [0, 0.1) is 5.92 Å². The third-order valence-electron chi connectivity index (χ3n) is 3.51. The van der Waals surface area contributed by atoms with Gasteiger partial charge >= 0.3 is 0 Å². The Kier molecular flexibility index (Phi) is 5.13. The minimum Gasteiger partial charge on any atom is -0.396 e. The van der Waals surface area contributed by atoms with Gasteiger partial charge in [-0.3, -0.25) is 4.79 Å². The highest BCUT2D eigenvalue weighted by Gasteiger charge is 2.09. The Morgan fingerprint density at radius 3 is 2.75 bits per heavy atom. The van der Waals surface area contributed by atoms with Gasteiger partial charge in [0.2, 0.25) is 0 Å². The van der Waals surface area contributed by atoms with Crippen LogP contribution in [0.1, 0.15) is 30.1 Å². The van der Waals surface area contributed by atoms with Crippen LogP contribution in [0.4, 0.5) is 0 Å². The number of benzene rings is 2. The van der Waals surface area contributed by atoms with E-state index < -0.39 is 0 Å². The third kappa shape index (κ3) is 3.58. The van der Waals surface area contributed by atoms with E-state index in [2.05, 4.69) is 5.32 Å². The summed E-state index contributed by atoms with van der Waals surface area (Å²) in [6, 6.07) is 13.7. The third-order valence-corrected chi connectivity index (χ3v) is 3.51. The predicted octanol–water partition coefficient (Wildman–Crippen LogP) is 2.98. The van der Waals surface area contributed by atoms with Crippen LogP contribution in [0.15, 0.2) is 42.5 Å². The molecule has 20 heavy (non-hydrogen) atoms. The molecule has 3 nitrogen and oxygen atoms in total. The van der Waals surface area contributed by atoms with E-state index in [-0.39, 0.29) is 12.5 Å². The molecule has 0 aromatic heterocycles. The average Bonchev–Trinajstić information content (AvgIpc) is 2.50. The molecule has 2 aromatic rings. The summed E-state index contributed by atoms with van der Waals surface area (Å²) in [5, 5.41) is 14.0. The van der Waals surface area contributed by atoms with Gasteiger partial charge in [-0.05, 0) is 35.6 Å². The summed E-state index contributed by atoms with van der Waals surface area (Å²) in [5.41, 5.74) is 0.721. The van der Waals surface area contributed by atoms with Crippen molar-refractivity contribution >= 4 is 16.7 Å². The van der Waals surface area contributed by atoms with Gasteiger partial charge in [0, 0.05) is 18.7 Å². The summed E-state index contributed by atoms with van der Waals surface area (Å²) >= 11 is 0. The Morgan fingerprint density at radius 2 is 1.95 bits per heavy atom. The van der Waals surface area contributed by atoms with Gasteiger partial charge in [0.25, 0.3) is 5.91 Å². The fourth-order valence-corrected chi connectivity index (χ4v) is 2.26. The minimum absolute atomic E-state index is 0.0292. The molecule has 1 unspecified atom stereocenters. The Labute approximate surface area is 119 Å². The summed E-state index contributed by atoms with van der Waals surface area (Å²) in [5.74, 6) is 0.267. The molecule has 0 aliphatic rings. The fraction of sp³-hybridized carbons (Fsp3) is 0.353. The van der Waals surface area contributed by atoms with E-state index >= 15 is 0 Å². The van der Waals surface area contributed by atoms with Crippen molar-refractivity contribution in [2.24, 2.45) is 5.92 Å². The lowest BCUT2D eigenvalue weighted by Crippen LogP contribution is -2.25. The van der Waals surface area contributed by atoms with Crippen molar-refractivity contribution < 1.29 is 9.90 Å². The molecule has 0 heterocycles. The van der Waals surface area contributed by atoms with E-state index in [0.717, 1.165) is 29.2 Å². The number of aliphatic hydroxyl groups excluding tert-OH is 1. The van der Waals surface area contributed by atoms with Crippen molar-refractivity contribution in [3.63, 3.8) is 0 Å². The molecule has 1 atom stereocenters. The van der Waals surface area contributed by atoms with Gasteiger partial charge in [0.1, 0.15) is 0 Å². The molecule has 0 saturated heterocycles. The van der Waals surface area contributed by atoms with Crippen LogP contribution in [-0.4, -0.2) is 24.2 Å². The Hall–Kier alpha value is -1.87. The Morgan fingerprint density at radius 1 is 1.20 bits per heavy atom. The van der Waals surface area contributed by atoms with E-state index in [1.807, 2.05) is 49.4 Å². The van der Waals surface area contributed by atoms with Crippen molar-refractivity contribution in [1.82, 2.24) is 5.32 Å². The first-order chi connectivity index (χ1) is 9.72. The van der Waals surface area contributed by atoms with Crippen molar-refractivity contribution in [2.75, 3.05) is 13.2 Å². The van der Waals surface area contributed by atoms with E-state index in [4.69, 9.17) is 5.11 Å². The summed E-state index contributed by atoms with van der Waals surface area (Å²) in [6.07, 6.45) is 1.81. The molecule has 0 bridgehead atoms. The molecule has 1 amide bonds. The van der Waals surface area contributed by atoms with Gasteiger partial charge in [0.15, 0.2) is 0 Å². The van der Waals surface area contributed by atoms with Crippen molar-refractivity contribution in [3.8, 4) is 0 Å². The van der Waals surface area contributed by atoms with Gasteiger partial charge in [0.05, 0.1) is 0 Å². The van der Waals surface area contributed by atoms with Crippen molar-refractivity contribution in [3.05, 3.63) is 48.0 Å². The first-order valence-electron chi connectivity index (χ1n) is 7.09. The molecule has 3 heteroatoms. The second kappa shape index (κ2) is 7.06. The second-order valence-electron chi connectivity index (χ2n) is 5.21. The molecule has 0 radical (unpaired) electrons. The van der Waals surface area contributed by atoms with Gasteiger partial charge in [-0.2, -0.15) is 0 Å². The largest absolute Gasteiger partial charge is 0.396 e. The van der Waals surface area contributed by atoms with Crippen LogP contribution in [0.2, 0.25) is 0 Å². The van der Waals surface area contributed by atoms with Crippen LogP contribution >= 0.6 is 0 Å². The lowest BCUT2D eigenvalue weighted by atomic mass is 10.0. The zero-order valence-electron chi connectivity index (χ0n) is 11.8. The predicted molar refractivity (Wildman–Crippen MR) is 81.8 cm³/mol. The fourth-order valence-electron chi connectivity index (χ4n) is 2.26. The van der Waals surface area contributed by atoms with E-state index in [1.54, 1.807) is 0 Å². The molecule has 2 rings (SSSR count). The number of nitrogens with one attached hydrogen (secondary N) is 1. The topological polar surface area (TPSA) is 49.3 Å². The average molecular weight is 271 g/mol. The smallest absolute Gasteiger partial charge is 0.251 e. The molecule has 0 aliphatic carbocycles. The number of fused-ring (bicyclic) bond motifs is 1. The maximum atomic E-state index is 12.2. The highest BCUT2D eigenvalue weighted by atomic mass is 16.3. The molecule has 0 saturated carbocycles. The van der Waals surface area contributed by atoms with Gasteiger partial charge < -0.3 is 10.4 Å². The molecular formula is C17H21NO2. The molecule has 0 fully saturated rings. The number of hydrogen-bond donors (Lipinski definition) is 2. The summed E-state index contributed by atoms with van der Waals surface area (Å²) in [6.45, 7) is 2.86. The SMILES string of the molecule is CC(CO)CCCNC(=O)c1cccc2ccccc12. The number of amides is 1. The number of carbonyl (C=O) groups is 1. The zero-order chi connectivity index (χ0) is 14.4. The number of hydrogen-bond acceptors (Lipinski definition) is 2. The first-order valence-corrected chi connectivity index (χ1v) is 7.09.